The Morgan fingerprint density at radius 2 is 1.93 bits per heavy atom. The second kappa shape index (κ2) is 4.63. The molecule has 84 valence electrons. The summed E-state index contributed by atoms with van der Waals surface area (Å²) in [6, 6.07) is 0. The Bertz CT molecular complexity index is 175. The lowest BCUT2D eigenvalue weighted by molar-refractivity contribution is 0.250. The molecule has 0 spiro atoms. The normalized spacial score (nSPS) is 23.6. The van der Waals surface area contributed by atoms with Gasteiger partial charge in [-0.05, 0) is 44.1 Å². The number of nitrogens with two attached hydrogens (primary N) is 1. The Morgan fingerprint density at radius 1 is 1.36 bits per heavy atom. The van der Waals surface area contributed by atoms with Gasteiger partial charge in [0, 0.05) is 12.1 Å². The lowest BCUT2D eigenvalue weighted by atomic mass is 9.88. The van der Waals surface area contributed by atoms with E-state index in [4.69, 9.17) is 5.73 Å². The van der Waals surface area contributed by atoms with Crippen molar-refractivity contribution in [3.8, 4) is 0 Å². The first-order valence-corrected chi connectivity index (χ1v) is 5.94. The summed E-state index contributed by atoms with van der Waals surface area (Å²) in [7, 11) is 0. The van der Waals surface area contributed by atoms with Gasteiger partial charge in [-0.15, -0.1) is 0 Å². The summed E-state index contributed by atoms with van der Waals surface area (Å²) in [6.45, 7) is 10.9. The van der Waals surface area contributed by atoms with Crippen LogP contribution in [-0.2, 0) is 0 Å². The van der Waals surface area contributed by atoms with Crippen molar-refractivity contribution in [2.45, 2.75) is 46.1 Å². The maximum atomic E-state index is 5.82. The average molecular weight is 198 g/mol. The molecule has 1 fully saturated rings. The van der Waals surface area contributed by atoms with Crippen molar-refractivity contribution >= 4 is 0 Å². The van der Waals surface area contributed by atoms with Crippen LogP contribution < -0.4 is 11.1 Å². The standard InChI is InChI=1S/C12H26N2/c1-9(2)12(4,8-13)14-7-10(3)11-5-6-11/h9-11,14H,5-8,13H2,1-4H3. The molecule has 3 N–H and O–H groups in total. The SMILES string of the molecule is CC(CNC(C)(CN)C(C)C)C1CC1. The van der Waals surface area contributed by atoms with Gasteiger partial charge in [0.25, 0.3) is 0 Å². The first-order chi connectivity index (χ1) is 6.49. The predicted molar refractivity (Wildman–Crippen MR) is 62.2 cm³/mol. The maximum Gasteiger partial charge on any atom is 0.0298 e. The summed E-state index contributed by atoms with van der Waals surface area (Å²) in [5.74, 6) is 2.40. The summed E-state index contributed by atoms with van der Waals surface area (Å²) < 4.78 is 0. The molecule has 2 atom stereocenters. The van der Waals surface area contributed by atoms with E-state index < -0.39 is 0 Å². The van der Waals surface area contributed by atoms with Crippen molar-refractivity contribution in [3.05, 3.63) is 0 Å². The first-order valence-electron chi connectivity index (χ1n) is 5.94. The van der Waals surface area contributed by atoms with Crippen molar-refractivity contribution in [2.75, 3.05) is 13.1 Å². The molecule has 0 heterocycles. The van der Waals surface area contributed by atoms with E-state index in [0.717, 1.165) is 24.9 Å². The Balaban J connectivity index is 2.32. The number of rotatable bonds is 6. The lowest BCUT2D eigenvalue weighted by Gasteiger charge is -2.35. The van der Waals surface area contributed by atoms with Crippen LogP contribution in [0.15, 0.2) is 0 Å². The summed E-state index contributed by atoms with van der Waals surface area (Å²) in [4.78, 5) is 0. The Labute approximate surface area is 88.6 Å². The van der Waals surface area contributed by atoms with Crippen LogP contribution in [0.25, 0.3) is 0 Å². The summed E-state index contributed by atoms with van der Waals surface area (Å²) in [5.41, 5.74) is 5.94. The Hall–Kier alpha value is -0.0800. The minimum Gasteiger partial charge on any atom is -0.329 e. The molecule has 14 heavy (non-hydrogen) atoms. The van der Waals surface area contributed by atoms with Crippen LogP contribution in [0, 0.1) is 17.8 Å². The average Bonchev–Trinajstić information content (AvgIpc) is 2.96. The van der Waals surface area contributed by atoms with Crippen LogP contribution in [0.2, 0.25) is 0 Å². The van der Waals surface area contributed by atoms with Crippen LogP contribution in [0.1, 0.15) is 40.5 Å². The molecule has 1 saturated carbocycles. The van der Waals surface area contributed by atoms with Gasteiger partial charge in [0.05, 0.1) is 0 Å². The van der Waals surface area contributed by atoms with Gasteiger partial charge in [0.15, 0.2) is 0 Å². The molecule has 0 aromatic heterocycles. The van der Waals surface area contributed by atoms with E-state index in [2.05, 4.69) is 33.0 Å². The van der Waals surface area contributed by atoms with Crippen LogP contribution in [0.4, 0.5) is 0 Å². The third-order valence-electron chi connectivity index (χ3n) is 3.95. The second-order valence-corrected chi connectivity index (χ2v) is 5.47. The smallest absolute Gasteiger partial charge is 0.0298 e. The van der Waals surface area contributed by atoms with Crippen LogP contribution in [0.3, 0.4) is 0 Å². The van der Waals surface area contributed by atoms with Gasteiger partial charge in [-0.2, -0.15) is 0 Å². The minimum atomic E-state index is 0.114. The van der Waals surface area contributed by atoms with Crippen molar-refractivity contribution in [3.63, 3.8) is 0 Å². The van der Waals surface area contributed by atoms with Crippen molar-refractivity contribution in [1.29, 1.82) is 0 Å². The quantitative estimate of drug-likeness (QED) is 0.685. The minimum absolute atomic E-state index is 0.114. The van der Waals surface area contributed by atoms with Gasteiger partial charge in [0.2, 0.25) is 0 Å². The molecule has 1 aliphatic carbocycles. The molecule has 2 heteroatoms. The maximum absolute atomic E-state index is 5.82. The third-order valence-corrected chi connectivity index (χ3v) is 3.95. The van der Waals surface area contributed by atoms with Gasteiger partial charge in [-0.25, -0.2) is 0 Å². The fourth-order valence-electron chi connectivity index (χ4n) is 1.74. The van der Waals surface area contributed by atoms with Crippen LogP contribution in [0.5, 0.6) is 0 Å². The zero-order valence-corrected chi connectivity index (χ0v) is 10.1. The van der Waals surface area contributed by atoms with Crippen molar-refractivity contribution in [1.82, 2.24) is 5.32 Å². The highest BCUT2D eigenvalue weighted by Gasteiger charge is 2.31. The lowest BCUT2D eigenvalue weighted by Crippen LogP contribution is -2.53. The monoisotopic (exact) mass is 198 g/mol. The van der Waals surface area contributed by atoms with Crippen molar-refractivity contribution in [2.24, 2.45) is 23.5 Å². The third kappa shape index (κ3) is 2.96. The zero-order chi connectivity index (χ0) is 10.8. The van der Waals surface area contributed by atoms with Gasteiger partial charge in [0.1, 0.15) is 0 Å². The molecule has 0 aliphatic heterocycles. The highest BCUT2D eigenvalue weighted by atomic mass is 15.0. The van der Waals surface area contributed by atoms with Gasteiger partial charge >= 0.3 is 0 Å². The molecular formula is C12H26N2. The summed E-state index contributed by atoms with van der Waals surface area (Å²) in [6.07, 6.45) is 2.87. The summed E-state index contributed by atoms with van der Waals surface area (Å²) >= 11 is 0. The van der Waals surface area contributed by atoms with Gasteiger partial charge < -0.3 is 11.1 Å². The first kappa shape index (κ1) is 12.0. The topological polar surface area (TPSA) is 38.0 Å². The number of nitrogens with one attached hydrogen (secondary N) is 1. The van der Waals surface area contributed by atoms with Crippen LogP contribution >= 0.6 is 0 Å². The summed E-state index contributed by atoms with van der Waals surface area (Å²) in [5, 5.41) is 3.64. The van der Waals surface area contributed by atoms with E-state index in [1.807, 2.05) is 0 Å². The molecule has 2 unspecified atom stereocenters. The van der Waals surface area contributed by atoms with Gasteiger partial charge in [-0.1, -0.05) is 20.8 Å². The molecule has 0 bridgehead atoms. The highest BCUT2D eigenvalue weighted by molar-refractivity contribution is 4.89. The zero-order valence-electron chi connectivity index (χ0n) is 10.1. The fraction of sp³-hybridized carbons (Fsp3) is 1.00. The van der Waals surface area contributed by atoms with E-state index >= 15 is 0 Å². The van der Waals surface area contributed by atoms with Crippen molar-refractivity contribution < 1.29 is 0 Å². The van der Waals surface area contributed by atoms with E-state index in [9.17, 15) is 0 Å². The molecular weight excluding hydrogens is 172 g/mol. The molecule has 0 aromatic carbocycles. The predicted octanol–water partition coefficient (Wildman–Crippen LogP) is 2.00. The molecule has 2 nitrogen and oxygen atoms in total. The van der Waals surface area contributed by atoms with Crippen LogP contribution in [-0.4, -0.2) is 18.6 Å². The largest absolute Gasteiger partial charge is 0.329 e. The molecule has 1 rings (SSSR count). The van der Waals surface area contributed by atoms with E-state index in [0.29, 0.717) is 5.92 Å². The van der Waals surface area contributed by atoms with E-state index in [1.165, 1.54) is 12.8 Å². The number of hydrogen-bond donors (Lipinski definition) is 2. The molecule has 0 aromatic rings. The Kier molecular flexibility index (Phi) is 3.96. The highest BCUT2D eigenvalue weighted by Crippen LogP contribution is 2.36. The number of hydrogen-bond acceptors (Lipinski definition) is 2. The van der Waals surface area contributed by atoms with E-state index in [-0.39, 0.29) is 5.54 Å². The Morgan fingerprint density at radius 3 is 2.29 bits per heavy atom. The second-order valence-electron chi connectivity index (χ2n) is 5.47. The molecule has 1 aliphatic rings. The fourth-order valence-corrected chi connectivity index (χ4v) is 1.74. The van der Waals surface area contributed by atoms with Gasteiger partial charge in [-0.3, -0.25) is 0 Å². The molecule has 0 saturated heterocycles. The van der Waals surface area contributed by atoms with E-state index in [1.54, 1.807) is 0 Å². The molecule has 0 amide bonds. The molecule has 0 radical (unpaired) electrons.